The van der Waals surface area contributed by atoms with Crippen LogP contribution in [-0.2, 0) is 0 Å². The third-order valence-electron chi connectivity index (χ3n) is 2.19. The fraction of sp³-hybridized carbons (Fsp3) is 0.385. The van der Waals surface area contributed by atoms with Crippen molar-refractivity contribution in [3.8, 4) is 11.5 Å². The highest BCUT2D eigenvalue weighted by Gasteiger charge is 2.32. The fourth-order valence-electron chi connectivity index (χ4n) is 1.42. The van der Waals surface area contributed by atoms with Gasteiger partial charge in [0.2, 0.25) is 0 Å². The zero-order chi connectivity index (χ0) is 15.2. The molecule has 3 nitrogen and oxygen atoms in total. The molecule has 0 bridgehead atoms. The maximum atomic E-state index is 12.1. The maximum Gasteiger partial charge on any atom is 0.573 e. The molecule has 0 aromatic heterocycles. The monoisotopic (exact) mass is 353 g/mol. The third kappa shape index (κ3) is 6.29. The second-order valence-corrected chi connectivity index (χ2v) is 4.87. The van der Waals surface area contributed by atoms with E-state index in [4.69, 9.17) is 4.74 Å². The van der Waals surface area contributed by atoms with E-state index in [2.05, 4.69) is 32.6 Å². The summed E-state index contributed by atoms with van der Waals surface area (Å²) in [5.41, 5.74) is 0. The summed E-state index contributed by atoms with van der Waals surface area (Å²) in [4.78, 5) is 0. The Kier molecular flexibility index (Phi) is 6.35. The molecule has 0 saturated carbocycles. The maximum absolute atomic E-state index is 12.1. The first-order valence-electron chi connectivity index (χ1n) is 5.85. The first-order valence-corrected chi connectivity index (χ1v) is 6.64. The van der Waals surface area contributed by atoms with Gasteiger partial charge in [-0.05, 0) is 41.1 Å². The van der Waals surface area contributed by atoms with Crippen LogP contribution in [0.2, 0.25) is 0 Å². The molecule has 0 aliphatic rings. The molecule has 0 aliphatic carbocycles. The van der Waals surface area contributed by atoms with Crippen LogP contribution in [0.5, 0.6) is 11.5 Å². The van der Waals surface area contributed by atoms with Crippen molar-refractivity contribution in [1.29, 1.82) is 0 Å². The van der Waals surface area contributed by atoms with Gasteiger partial charge in [0.15, 0.2) is 0 Å². The highest BCUT2D eigenvalue weighted by atomic mass is 79.9. The number of rotatable bonds is 7. The van der Waals surface area contributed by atoms with E-state index in [0.717, 1.165) is 0 Å². The summed E-state index contributed by atoms with van der Waals surface area (Å²) in [6, 6.07) is 4.07. The largest absolute Gasteiger partial charge is 0.573 e. The molecule has 20 heavy (non-hydrogen) atoms. The van der Waals surface area contributed by atoms with Crippen molar-refractivity contribution < 1.29 is 22.6 Å². The van der Waals surface area contributed by atoms with Crippen molar-refractivity contribution >= 4 is 15.9 Å². The van der Waals surface area contributed by atoms with Gasteiger partial charge < -0.3 is 14.8 Å². The first kappa shape index (κ1) is 16.8. The Morgan fingerprint density at radius 2 is 2.15 bits per heavy atom. The summed E-state index contributed by atoms with van der Waals surface area (Å²) < 4.78 is 45.9. The Balaban J connectivity index is 2.60. The molecule has 0 spiro atoms. The van der Waals surface area contributed by atoms with Gasteiger partial charge in [0, 0.05) is 13.1 Å². The van der Waals surface area contributed by atoms with Gasteiger partial charge in [-0.3, -0.25) is 0 Å². The predicted molar refractivity (Wildman–Crippen MR) is 74.0 cm³/mol. The second-order valence-electron chi connectivity index (χ2n) is 4.02. The molecule has 0 fully saturated rings. The Morgan fingerprint density at radius 1 is 1.45 bits per heavy atom. The molecular weight excluding hydrogens is 339 g/mol. The van der Waals surface area contributed by atoms with E-state index in [1.54, 1.807) is 6.08 Å². The minimum atomic E-state index is -4.72. The normalized spacial score (nSPS) is 12.8. The molecule has 1 atom stereocenters. The van der Waals surface area contributed by atoms with Gasteiger partial charge in [-0.25, -0.2) is 0 Å². The van der Waals surface area contributed by atoms with Crippen LogP contribution in [0.25, 0.3) is 0 Å². The zero-order valence-electron chi connectivity index (χ0n) is 10.8. The molecule has 1 unspecified atom stereocenters. The molecule has 7 heteroatoms. The van der Waals surface area contributed by atoms with E-state index in [9.17, 15) is 13.2 Å². The average Bonchev–Trinajstić information content (AvgIpc) is 2.31. The van der Waals surface area contributed by atoms with E-state index in [1.165, 1.54) is 18.2 Å². The van der Waals surface area contributed by atoms with Crippen LogP contribution in [0, 0.1) is 0 Å². The summed E-state index contributed by atoms with van der Waals surface area (Å²) in [5.74, 6) is 0.154. The van der Waals surface area contributed by atoms with Gasteiger partial charge in [0.1, 0.15) is 17.6 Å². The fourth-order valence-corrected chi connectivity index (χ4v) is 1.86. The molecule has 1 aromatic carbocycles. The summed E-state index contributed by atoms with van der Waals surface area (Å²) in [5, 5.41) is 3.08. The van der Waals surface area contributed by atoms with Crippen LogP contribution in [0.1, 0.15) is 6.92 Å². The van der Waals surface area contributed by atoms with Crippen LogP contribution < -0.4 is 14.8 Å². The lowest BCUT2D eigenvalue weighted by Gasteiger charge is -2.16. The topological polar surface area (TPSA) is 30.5 Å². The SMILES string of the molecule is C=CCNCC(C)Oc1ccc(OC(F)(F)F)c(Br)c1. The summed E-state index contributed by atoms with van der Waals surface area (Å²) >= 11 is 3.02. The molecule has 0 amide bonds. The van der Waals surface area contributed by atoms with Gasteiger partial charge >= 0.3 is 6.36 Å². The van der Waals surface area contributed by atoms with Gasteiger partial charge in [-0.2, -0.15) is 0 Å². The van der Waals surface area contributed by atoms with E-state index in [-0.39, 0.29) is 16.3 Å². The van der Waals surface area contributed by atoms with Crippen molar-refractivity contribution in [1.82, 2.24) is 5.32 Å². The zero-order valence-corrected chi connectivity index (χ0v) is 12.4. The minimum absolute atomic E-state index is 0.128. The van der Waals surface area contributed by atoms with E-state index < -0.39 is 6.36 Å². The number of hydrogen-bond donors (Lipinski definition) is 1. The lowest BCUT2D eigenvalue weighted by Crippen LogP contribution is -2.28. The highest BCUT2D eigenvalue weighted by molar-refractivity contribution is 9.10. The van der Waals surface area contributed by atoms with Crippen molar-refractivity contribution in [2.75, 3.05) is 13.1 Å². The van der Waals surface area contributed by atoms with Crippen molar-refractivity contribution in [3.63, 3.8) is 0 Å². The lowest BCUT2D eigenvalue weighted by molar-refractivity contribution is -0.274. The molecule has 0 saturated heterocycles. The Labute approximate surface area is 123 Å². The highest BCUT2D eigenvalue weighted by Crippen LogP contribution is 2.33. The van der Waals surface area contributed by atoms with Crippen LogP contribution in [0.15, 0.2) is 35.3 Å². The molecule has 0 radical (unpaired) electrons. The van der Waals surface area contributed by atoms with E-state index in [0.29, 0.717) is 18.8 Å². The molecule has 0 aliphatic heterocycles. The van der Waals surface area contributed by atoms with Gasteiger partial charge in [-0.1, -0.05) is 6.08 Å². The van der Waals surface area contributed by atoms with E-state index in [1.807, 2.05) is 6.92 Å². The summed E-state index contributed by atoms with van der Waals surface area (Å²) in [6.45, 7) is 6.69. The number of benzene rings is 1. The quantitative estimate of drug-likeness (QED) is 0.595. The van der Waals surface area contributed by atoms with E-state index >= 15 is 0 Å². The van der Waals surface area contributed by atoms with Crippen molar-refractivity contribution in [3.05, 3.63) is 35.3 Å². The molecule has 1 aromatic rings. The Bertz CT molecular complexity index is 452. The van der Waals surface area contributed by atoms with Gasteiger partial charge in [-0.15, -0.1) is 19.8 Å². The van der Waals surface area contributed by atoms with Crippen molar-refractivity contribution in [2.45, 2.75) is 19.4 Å². The van der Waals surface area contributed by atoms with Crippen LogP contribution >= 0.6 is 15.9 Å². The predicted octanol–water partition coefficient (Wildman–Crippen LogP) is 3.89. The number of alkyl halides is 3. The number of ether oxygens (including phenoxy) is 2. The lowest BCUT2D eigenvalue weighted by atomic mass is 10.3. The third-order valence-corrected chi connectivity index (χ3v) is 2.81. The second kappa shape index (κ2) is 7.54. The van der Waals surface area contributed by atoms with Crippen LogP contribution in [-0.4, -0.2) is 25.6 Å². The van der Waals surface area contributed by atoms with Crippen LogP contribution in [0.3, 0.4) is 0 Å². The average molecular weight is 354 g/mol. The number of hydrogen-bond acceptors (Lipinski definition) is 3. The Hall–Kier alpha value is -1.21. The molecular formula is C13H15BrF3NO2. The molecule has 1 rings (SSSR count). The number of nitrogens with one attached hydrogen (secondary N) is 1. The van der Waals surface area contributed by atoms with Crippen LogP contribution in [0.4, 0.5) is 13.2 Å². The molecule has 112 valence electrons. The van der Waals surface area contributed by atoms with Gasteiger partial charge in [0.05, 0.1) is 4.47 Å². The minimum Gasteiger partial charge on any atom is -0.489 e. The first-order chi connectivity index (χ1) is 9.31. The van der Waals surface area contributed by atoms with Gasteiger partial charge in [0.25, 0.3) is 0 Å². The summed E-state index contributed by atoms with van der Waals surface area (Å²) in [6.07, 6.45) is -3.12. The smallest absolute Gasteiger partial charge is 0.489 e. The van der Waals surface area contributed by atoms with Crippen molar-refractivity contribution in [2.24, 2.45) is 0 Å². The Morgan fingerprint density at radius 3 is 2.70 bits per heavy atom. The molecule has 1 N–H and O–H groups in total. The molecule has 0 heterocycles. The summed E-state index contributed by atoms with van der Waals surface area (Å²) in [7, 11) is 0. The standard InChI is InChI=1S/C13H15BrF3NO2/c1-3-6-18-8-9(2)19-10-4-5-12(11(14)7-10)20-13(15,16)17/h3-5,7,9,18H,1,6,8H2,2H3. The number of halogens is 4.